The molecule has 2 N–H and O–H groups in total. The van der Waals surface area contributed by atoms with Gasteiger partial charge in [0, 0.05) is 16.9 Å². The Kier molecular flexibility index (Phi) is 3.46. The van der Waals surface area contributed by atoms with Crippen molar-refractivity contribution in [1.29, 1.82) is 0 Å². The number of pyridine rings is 1. The van der Waals surface area contributed by atoms with Crippen LogP contribution in [0.5, 0.6) is 0 Å². The SMILES string of the molecule is Cc1ccc(C(N)c2ccc(Cl)cc2C)cn1. The van der Waals surface area contributed by atoms with Gasteiger partial charge in [-0.3, -0.25) is 4.98 Å². The molecule has 0 aliphatic carbocycles. The lowest BCUT2D eigenvalue weighted by Gasteiger charge is -2.15. The monoisotopic (exact) mass is 246 g/mol. The first-order valence-corrected chi connectivity index (χ1v) is 5.90. The van der Waals surface area contributed by atoms with Crippen LogP contribution in [0.1, 0.15) is 28.4 Å². The zero-order valence-corrected chi connectivity index (χ0v) is 10.7. The van der Waals surface area contributed by atoms with Gasteiger partial charge in [-0.05, 0) is 48.7 Å². The second-order valence-corrected chi connectivity index (χ2v) is 4.65. The van der Waals surface area contributed by atoms with Crippen molar-refractivity contribution < 1.29 is 0 Å². The van der Waals surface area contributed by atoms with Crippen LogP contribution in [0.15, 0.2) is 36.5 Å². The van der Waals surface area contributed by atoms with E-state index in [1.54, 1.807) is 0 Å². The molecule has 3 heteroatoms. The van der Waals surface area contributed by atoms with Gasteiger partial charge in [-0.25, -0.2) is 0 Å². The topological polar surface area (TPSA) is 38.9 Å². The van der Waals surface area contributed by atoms with E-state index >= 15 is 0 Å². The summed E-state index contributed by atoms with van der Waals surface area (Å²) in [5.41, 5.74) is 10.4. The predicted octanol–water partition coefficient (Wildman–Crippen LogP) is 3.40. The quantitative estimate of drug-likeness (QED) is 0.882. The Balaban J connectivity index is 2.36. The molecule has 0 aliphatic heterocycles. The van der Waals surface area contributed by atoms with E-state index in [1.807, 2.05) is 50.4 Å². The fourth-order valence-electron chi connectivity index (χ4n) is 1.83. The van der Waals surface area contributed by atoms with Crippen LogP contribution in [-0.2, 0) is 0 Å². The smallest absolute Gasteiger partial charge is 0.0569 e. The van der Waals surface area contributed by atoms with Crippen molar-refractivity contribution in [2.24, 2.45) is 5.73 Å². The lowest BCUT2D eigenvalue weighted by atomic mass is 9.97. The summed E-state index contributed by atoms with van der Waals surface area (Å²) >= 11 is 5.94. The highest BCUT2D eigenvalue weighted by atomic mass is 35.5. The summed E-state index contributed by atoms with van der Waals surface area (Å²) in [6.07, 6.45) is 1.83. The van der Waals surface area contributed by atoms with Crippen LogP contribution in [0.25, 0.3) is 0 Å². The maximum absolute atomic E-state index is 6.23. The van der Waals surface area contributed by atoms with E-state index in [2.05, 4.69) is 4.98 Å². The van der Waals surface area contributed by atoms with Crippen LogP contribution in [0.4, 0.5) is 0 Å². The Labute approximate surface area is 106 Å². The van der Waals surface area contributed by atoms with Crippen molar-refractivity contribution >= 4 is 11.6 Å². The van der Waals surface area contributed by atoms with E-state index in [9.17, 15) is 0 Å². The van der Waals surface area contributed by atoms with Gasteiger partial charge in [-0.15, -0.1) is 0 Å². The number of aromatic nitrogens is 1. The fourth-order valence-corrected chi connectivity index (χ4v) is 2.06. The van der Waals surface area contributed by atoms with Gasteiger partial charge in [-0.1, -0.05) is 23.7 Å². The molecule has 1 atom stereocenters. The number of benzene rings is 1. The molecule has 2 nitrogen and oxygen atoms in total. The minimum Gasteiger partial charge on any atom is -0.320 e. The van der Waals surface area contributed by atoms with Gasteiger partial charge in [-0.2, -0.15) is 0 Å². The van der Waals surface area contributed by atoms with Crippen LogP contribution in [0, 0.1) is 13.8 Å². The summed E-state index contributed by atoms with van der Waals surface area (Å²) in [4.78, 5) is 4.27. The lowest BCUT2D eigenvalue weighted by Crippen LogP contribution is -2.13. The maximum Gasteiger partial charge on any atom is 0.0569 e. The number of halogens is 1. The van der Waals surface area contributed by atoms with Gasteiger partial charge in [0.15, 0.2) is 0 Å². The second kappa shape index (κ2) is 4.86. The van der Waals surface area contributed by atoms with Crippen LogP contribution in [0.2, 0.25) is 5.02 Å². The molecule has 2 rings (SSSR count). The molecule has 1 aromatic heterocycles. The third-order valence-corrected chi connectivity index (χ3v) is 3.10. The zero-order valence-electron chi connectivity index (χ0n) is 9.94. The molecule has 1 unspecified atom stereocenters. The average molecular weight is 247 g/mol. The highest BCUT2D eigenvalue weighted by Crippen LogP contribution is 2.24. The number of hydrogen-bond donors (Lipinski definition) is 1. The summed E-state index contributed by atoms with van der Waals surface area (Å²) in [5, 5.41) is 0.737. The van der Waals surface area contributed by atoms with E-state index < -0.39 is 0 Å². The Hall–Kier alpha value is -1.38. The molecule has 1 aromatic carbocycles. The molecule has 0 aliphatic rings. The molecule has 0 saturated heterocycles. The summed E-state index contributed by atoms with van der Waals surface area (Å²) < 4.78 is 0. The standard InChI is InChI=1S/C14H15ClN2/c1-9-7-12(15)5-6-13(9)14(16)11-4-3-10(2)17-8-11/h3-8,14H,16H2,1-2H3. The van der Waals surface area contributed by atoms with Gasteiger partial charge in [0.2, 0.25) is 0 Å². The highest BCUT2D eigenvalue weighted by Gasteiger charge is 2.11. The Bertz CT molecular complexity index is 520. The molecule has 0 saturated carbocycles. The summed E-state index contributed by atoms with van der Waals surface area (Å²) in [6, 6.07) is 9.60. The first kappa shape index (κ1) is 12.1. The van der Waals surface area contributed by atoms with Gasteiger partial charge in [0.05, 0.1) is 6.04 Å². The summed E-state index contributed by atoms with van der Waals surface area (Å²) in [5.74, 6) is 0. The van der Waals surface area contributed by atoms with Crippen molar-refractivity contribution in [3.8, 4) is 0 Å². The number of aryl methyl sites for hydroxylation is 2. The number of hydrogen-bond acceptors (Lipinski definition) is 2. The number of nitrogens with two attached hydrogens (primary N) is 1. The van der Waals surface area contributed by atoms with E-state index in [-0.39, 0.29) is 6.04 Å². The minimum absolute atomic E-state index is 0.152. The molecule has 0 bridgehead atoms. The molecule has 2 aromatic rings. The molecular weight excluding hydrogens is 232 g/mol. The maximum atomic E-state index is 6.23. The molecule has 1 heterocycles. The Morgan fingerprint density at radius 1 is 1.18 bits per heavy atom. The number of nitrogens with zero attached hydrogens (tertiary/aromatic N) is 1. The van der Waals surface area contributed by atoms with Crippen LogP contribution in [0.3, 0.4) is 0 Å². The lowest BCUT2D eigenvalue weighted by molar-refractivity contribution is 0.851. The molecule has 0 radical (unpaired) electrons. The van der Waals surface area contributed by atoms with Gasteiger partial charge in [0.1, 0.15) is 0 Å². The minimum atomic E-state index is -0.152. The Morgan fingerprint density at radius 2 is 1.94 bits per heavy atom. The van der Waals surface area contributed by atoms with Crippen LogP contribution < -0.4 is 5.73 Å². The second-order valence-electron chi connectivity index (χ2n) is 4.21. The van der Waals surface area contributed by atoms with Crippen molar-refractivity contribution in [2.75, 3.05) is 0 Å². The molecule has 17 heavy (non-hydrogen) atoms. The van der Waals surface area contributed by atoms with Crippen LogP contribution in [-0.4, -0.2) is 4.98 Å². The predicted molar refractivity (Wildman–Crippen MR) is 71.2 cm³/mol. The van der Waals surface area contributed by atoms with Gasteiger partial charge >= 0.3 is 0 Å². The largest absolute Gasteiger partial charge is 0.320 e. The van der Waals surface area contributed by atoms with E-state index in [0.717, 1.165) is 27.4 Å². The normalized spacial score (nSPS) is 12.5. The van der Waals surface area contributed by atoms with Crippen molar-refractivity contribution in [1.82, 2.24) is 4.98 Å². The first-order chi connectivity index (χ1) is 8.08. The van der Waals surface area contributed by atoms with Crippen molar-refractivity contribution in [2.45, 2.75) is 19.9 Å². The van der Waals surface area contributed by atoms with E-state index in [0.29, 0.717) is 0 Å². The highest BCUT2D eigenvalue weighted by molar-refractivity contribution is 6.30. The van der Waals surface area contributed by atoms with Gasteiger partial charge < -0.3 is 5.73 Å². The van der Waals surface area contributed by atoms with E-state index in [1.165, 1.54) is 0 Å². The third-order valence-electron chi connectivity index (χ3n) is 2.86. The fraction of sp³-hybridized carbons (Fsp3) is 0.214. The molecule has 0 spiro atoms. The molecule has 88 valence electrons. The summed E-state index contributed by atoms with van der Waals surface area (Å²) in [6.45, 7) is 3.98. The van der Waals surface area contributed by atoms with Crippen molar-refractivity contribution in [3.63, 3.8) is 0 Å². The van der Waals surface area contributed by atoms with Crippen molar-refractivity contribution in [3.05, 3.63) is 63.9 Å². The van der Waals surface area contributed by atoms with Crippen LogP contribution >= 0.6 is 11.6 Å². The summed E-state index contributed by atoms with van der Waals surface area (Å²) in [7, 11) is 0. The van der Waals surface area contributed by atoms with Gasteiger partial charge in [0.25, 0.3) is 0 Å². The third kappa shape index (κ3) is 2.65. The first-order valence-electron chi connectivity index (χ1n) is 5.52. The number of rotatable bonds is 2. The molecule has 0 fully saturated rings. The zero-order chi connectivity index (χ0) is 12.4. The average Bonchev–Trinajstić information content (AvgIpc) is 2.29. The molecule has 0 amide bonds. The molecular formula is C14H15ClN2. The Morgan fingerprint density at radius 3 is 2.53 bits per heavy atom. The van der Waals surface area contributed by atoms with E-state index in [4.69, 9.17) is 17.3 Å².